The molecule has 0 saturated carbocycles. The van der Waals surface area contributed by atoms with E-state index < -0.39 is 0 Å². The Labute approximate surface area is 136 Å². The van der Waals surface area contributed by atoms with E-state index in [9.17, 15) is 0 Å². The summed E-state index contributed by atoms with van der Waals surface area (Å²) in [7, 11) is 1.75. The summed E-state index contributed by atoms with van der Waals surface area (Å²) in [5.74, 6) is 0.965. The first kappa shape index (κ1) is 18.8. The molecular formula is C18H33N3O. The lowest BCUT2D eigenvalue weighted by Crippen LogP contribution is -2.31. The number of methoxy groups -OCH3 is 1. The van der Waals surface area contributed by atoms with Gasteiger partial charge in [0.1, 0.15) is 5.75 Å². The minimum absolute atomic E-state index is 0.885. The van der Waals surface area contributed by atoms with E-state index in [4.69, 9.17) is 4.74 Å². The van der Waals surface area contributed by atoms with Crippen LogP contribution in [0.3, 0.4) is 0 Å². The van der Waals surface area contributed by atoms with Gasteiger partial charge in [-0.15, -0.1) is 0 Å². The summed E-state index contributed by atoms with van der Waals surface area (Å²) in [6, 6.07) is 6.52. The van der Waals surface area contributed by atoms with E-state index in [1.807, 2.05) is 0 Å². The number of ether oxygens (including phenoxy) is 1. The van der Waals surface area contributed by atoms with Crippen LogP contribution in [-0.2, 0) is 6.54 Å². The Morgan fingerprint density at radius 3 is 2.23 bits per heavy atom. The maximum atomic E-state index is 5.57. The van der Waals surface area contributed by atoms with Crippen molar-refractivity contribution in [3.8, 4) is 5.75 Å². The van der Waals surface area contributed by atoms with Gasteiger partial charge >= 0.3 is 0 Å². The average Bonchev–Trinajstić information content (AvgIpc) is 2.57. The molecule has 1 rings (SSSR count). The van der Waals surface area contributed by atoms with Crippen LogP contribution in [0.25, 0.3) is 0 Å². The maximum absolute atomic E-state index is 5.57. The number of nitrogens with zero attached hydrogens (tertiary/aromatic N) is 2. The summed E-state index contributed by atoms with van der Waals surface area (Å²) in [6.45, 7) is 16.0. The zero-order valence-electron chi connectivity index (χ0n) is 15.0. The third-order valence-corrected chi connectivity index (χ3v) is 4.18. The number of nitrogens with one attached hydrogen (secondary N) is 1. The molecule has 0 saturated heterocycles. The maximum Gasteiger partial charge on any atom is 0.142 e. The van der Waals surface area contributed by atoms with Crippen LogP contribution in [0.5, 0.6) is 5.75 Å². The van der Waals surface area contributed by atoms with E-state index in [-0.39, 0.29) is 0 Å². The molecule has 0 heterocycles. The lowest BCUT2D eigenvalue weighted by molar-refractivity contribution is 0.302. The molecule has 1 N–H and O–H groups in total. The monoisotopic (exact) mass is 307 g/mol. The van der Waals surface area contributed by atoms with Crippen LogP contribution in [0, 0.1) is 0 Å². The number of rotatable bonds is 11. The molecule has 0 atom stereocenters. The molecule has 0 aromatic heterocycles. The van der Waals surface area contributed by atoms with Crippen LogP contribution in [0.15, 0.2) is 18.2 Å². The summed E-state index contributed by atoms with van der Waals surface area (Å²) in [6.07, 6.45) is 0. The third kappa shape index (κ3) is 5.50. The molecule has 0 radical (unpaired) electrons. The molecule has 1 aromatic carbocycles. The molecule has 0 spiro atoms. The van der Waals surface area contributed by atoms with Gasteiger partial charge in [-0.1, -0.05) is 19.9 Å². The first-order valence-corrected chi connectivity index (χ1v) is 8.54. The van der Waals surface area contributed by atoms with Gasteiger partial charge in [-0.25, -0.2) is 0 Å². The fraction of sp³-hybridized carbons (Fsp3) is 0.667. The molecule has 0 fully saturated rings. The van der Waals surface area contributed by atoms with Crippen LogP contribution in [0.4, 0.5) is 5.69 Å². The highest BCUT2D eigenvalue weighted by molar-refractivity contribution is 5.59. The fourth-order valence-electron chi connectivity index (χ4n) is 2.67. The molecule has 0 amide bonds. The van der Waals surface area contributed by atoms with E-state index in [2.05, 4.69) is 61.0 Å². The minimum Gasteiger partial charge on any atom is -0.495 e. The largest absolute Gasteiger partial charge is 0.495 e. The topological polar surface area (TPSA) is 27.7 Å². The number of likely N-dealkylation sites (N-methyl/N-ethyl adjacent to an activating group) is 1. The van der Waals surface area contributed by atoms with Gasteiger partial charge in [0.25, 0.3) is 0 Å². The van der Waals surface area contributed by atoms with Gasteiger partial charge in [-0.2, -0.15) is 0 Å². The van der Waals surface area contributed by atoms with Crippen molar-refractivity contribution in [1.82, 2.24) is 10.2 Å². The van der Waals surface area contributed by atoms with Gasteiger partial charge in [0, 0.05) is 32.7 Å². The van der Waals surface area contributed by atoms with Crippen molar-refractivity contribution in [3.63, 3.8) is 0 Å². The Morgan fingerprint density at radius 1 is 1.00 bits per heavy atom. The van der Waals surface area contributed by atoms with Crippen molar-refractivity contribution in [2.24, 2.45) is 0 Å². The Bertz CT molecular complexity index is 415. The van der Waals surface area contributed by atoms with Crippen molar-refractivity contribution >= 4 is 5.69 Å². The smallest absolute Gasteiger partial charge is 0.142 e. The van der Waals surface area contributed by atoms with Gasteiger partial charge in [0.2, 0.25) is 0 Å². The fourth-order valence-corrected chi connectivity index (χ4v) is 2.67. The van der Waals surface area contributed by atoms with E-state index in [1.165, 1.54) is 11.3 Å². The highest BCUT2D eigenvalue weighted by atomic mass is 16.5. The first-order valence-electron chi connectivity index (χ1n) is 8.54. The molecule has 0 aliphatic carbocycles. The second-order valence-corrected chi connectivity index (χ2v) is 5.38. The van der Waals surface area contributed by atoms with E-state index >= 15 is 0 Å². The number of hydrogen-bond donors (Lipinski definition) is 1. The van der Waals surface area contributed by atoms with Crippen LogP contribution >= 0.6 is 0 Å². The van der Waals surface area contributed by atoms with Crippen molar-refractivity contribution < 1.29 is 4.74 Å². The highest BCUT2D eigenvalue weighted by Gasteiger charge is 2.09. The zero-order valence-corrected chi connectivity index (χ0v) is 15.0. The summed E-state index contributed by atoms with van der Waals surface area (Å²) < 4.78 is 5.57. The number of anilines is 1. The van der Waals surface area contributed by atoms with Gasteiger partial charge in [0.15, 0.2) is 0 Å². The SMILES string of the molecule is CCN(CC)CCNCc1ccc(N(CC)CC)c(OC)c1. The molecule has 0 unspecified atom stereocenters. The van der Waals surface area contributed by atoms with Crippen LogP contribution < -0.4 is 15.0 Å². The minimum atomic E-state index is 0.885. The molecule has 126 valence electrons. The predicted molar refractivity (Wildman–Crippen MR) is 96.0 cm³/mol. The molecule has 1 aromatic rings. The van der Waals surface area contributed by atoms with Gasteiger partial charge in [0.05, 0.1) is 12.8 Å². The van der Waals surface area contributed by atoms with Gasteiger partial charge < -0.3 is 19.9 Å². The summed E-state index contributed by atoms with van der Waals surface area (Å²) in [4.78, 5) is 4.74. The predicted octanol–water partition coefficient (Wildman–Crippen LogP) is 2.97. The summed E-state index contributed by atoms with van der Waals surface area (Å²) in [5.41, 5.74) is 2.45. The lowest BCUT2D eigenvalue weighted by atomic mass is 10.1. The Morgan fingerprint density at radius 2 is 1.68 bits per heavy atom. The molecule has 0 aliphatic rings. The van der Waals surface area contributed by atoms with Gasteiger partial charge in [-0.3, -0.25) is 0 Å². The van der Waals surface area contributed by atoms with Crippen LogP contribution in [-0.4, -0.2) is 51.3 Å². The van der Waals surface area contributed by atoms with E-state index in [0.717, 1.165) is 51.6 Å². The van der Waals surface area contributed by atoms with E-state index in [1.54, 1.807) is 7.11 Å². The number of hydrogen-bond acceptors (Lipinski definition) is 4. The molecular weight excluding hydrogens is 274 g/mol. The van der Waals surface area contributed by atoms with Gasteiger partial charge in [-0.05, 0) is 44.6 Å². The molecule has 4 heteroatoms. The first-order chi connectivity index (χ1) is 10.7. The van der Waals surface area contributed by atoms with Crippen molar-refractivity contribution in [1.29, 1.82) is 0 Å². The van der Waals surface area contributed by atoms with Crippen LogP contribution in [0.1, 0.15) is 33.3 Å². The number of benzene rings is 1. The average molecular weight is 307 g/mol. The second-order valence-electron chi connectivity index (χ2n) is 5.38. The van der Waals surface area contributed by atoms with Crippen molar-refractivity contribution in [3.05, 3.63) is 23.8 Å². The highest BCUT2D eigenvalue weighted by Crippen LogP contribution is 2.29. The molecule has 22 heavy (non-hydrogen) atoms. The molecule has 4 nitrogen and oxygen atoms in total. The standard InChI is InChI=1S/C18H33N3O/c1-6-20(7-2)13-12-19-15-16-10-11-17(18(14-16)22-5)21(8-3)9-4/h10-11,14,19H,6-9,12-13,15H2,1-5H3. The van der Waals surface area contributed by atoms with Crippen molar-refractivity contribution in [2.45, 2.75) is 34.2 Å². The zero-order chi connectivity index (χ0) is 16.4. The second kappa shape index (κ2) is 10.5. The quantitative estimate of drug-likeness (QED) is 0.636. The molecule has 0 aliphatic heterocycles. The van der Waals surface area contributed by atoms with Crippen LogP contribution in [0.2, 0.25) is 0 Å². The van der Waals surface area contributed by atoms with E-state index in [0.29, 0.717) is 0 Å². The lowest BCUT2D eigenvalue weighted by Gasteiger charge is -2.24. The normalized spacial score (nSPS) is 11.0. The Balaban J connectivity index is 2.58. The Kier molecular flexibility index (Phi) is 8.94. The summed E-state index contributed by atoms with van der Waals surface area (Å²) in [5, 5.41) is 3.52. The Hall–Kier alpha value is -1.26. The van der Waals surface area contributed by atoms with Crippen molar-refractivity contribution in [2.75, 3.05) is 51.3 Å². The molecule has 0 bridgehead atoms. The third-order valence-electron chi connectivity index (χ3n) is 4.18. The summed E-state index contributed by atoms with van der Waals surface area (Å²) >= 11 is 0.